The Hall–Kier alpha value is -1.49. The van der Waals surface area contributed by atoms with Crippen molar-refractivity contribution in [3.05, 3.63) is 11.6 Å². The molecular weight excluding hydrogens is 249 g/mol. The zero-order chi connectivity index (χ0) is 13.4. The van der Waals surface area contributed by atoms with E-state index in [-0.39, 0.29) is 31.4 Å². The molecule has 3 amide bonds. The molecule has 0 saturated carbocycles. The standard InChI is InChI=1S/C10H13N3O5.Li.H/c1-5-2-6-3-12(8(5)9(11)16)10(17)13(6)18-4-7(14)15;;/h2,6,8H,3-4H2,1H3,(H2,11,16)(H,14,15);;/t6-,8+;;/m1../s1. The topological polar surface area (TPSA) is 113 Å². The van der Waals surface area contributed by atoms with Gasteiger partial charge in [0.05, 0.1) is 12.6 Å². The van der Waals surface area contributed by atoms with E-state index in [9.17, 15) is 14.4 Å². The van der Waals surface area contributed by atoms with E-state index in [1.807, 2.05) is 0 Å². The van der Waals surface area contributed by atoms with E-state index in [0.717, 1.165) is 5.06 Å². The van der Waals surface area contributed by atoms with Crippen LogP contribution in [0.3, 0.4) is 0 Å². The van der Waals surface area contributed by atoms with Crippen molar-refractivity contribution in [3.8, 4) is 0 Å². The van der Waals surface area contributed by atoms with Crippen LogP contribution >= 0.6 is 0 Å². The van der Waals surface area contributed by atoms with Crippen molar-refractivity contribution >= 4 is 36.8 Å². The molecule has 100 valence electrons. The minimum atomic E-state index is -1.17. The number of hydrogen-bond donors (Lipinski definition) is 2. The summed E-state index contributed by atoms with van der Waals surface area (Å²) in [5.74, 6) is -1.79. The molecule has 2 aliphatic heterocycles. The zero-order valence-electron chi connectivity index (χ0n) is 9.70. The Bertz CT molecular complexity index is 452. The van der Waals surface area contributed by atoms with Crippen LogP contribution in [0, 0.1) is 0 Å². The van der Waals surface area contributed by atoms with E-state index in [1.165, 1.54) is 4.90 Å². The predicted octanol–water partition coefficient (Wildman–Crippen LogP) is -1.73. The van der Waals surface area contributed by atoms with Gasteiger partial charge in [-0.1, -0.05) is 6.08 Å². The number of carbonyl (C=O) groups is 3. The van der Waals surface area contributed by atoms with E-state index >= 15 is 0 Å². The van der Waals surface area contributed by atoms with Crippen molar-refractivity contribution < 1.29 is 24.3 Å². The number of hydroxylamine groups is 2. The molecule has 1 fully saturated rings. The van der Waals surface area contributed by atoms with Crippen molar-refractivity contribution in [1.82, 2.24) is 9.96 Å². The van der Waals surface area contributed by atoms with E-state index in [4.69, 9.17) is 15.7 Å². The molecule has 1 saturated heterocycles. The summed E-state index contributed by atoms with van der Waals surface area (Å²) in [5, 5.41) is 9.50. The van der Waals surface area contributed by atoms with Gasteiger partial charge in [0.25, 0.3) is 0 Å². The molecule has 3 N–H and O–H groups in total. The minimum absolute atomic E-state index is 0. The van der Waals surface area contributed by atoms with Crippen LogP contribution in [0.25, 0.3) is 0 Å². The summed E-state index contributed by atoms with van der Waals surface area (Å²) >= 11 is 0. The maximum absolute atomic E-state index is 12.0. The van der Waals surface area contributed by atoms with Crippen molar-refractivity contribution in [3.63, 3.8) is 0 Å². The van der Waals surface area contributed by atoms with E-state index in [0.29, 0.717) is 5.57 Å². The van der Waals surface area contributed by atoms with Gasteiger partial charge in [-0.2, -0.15) is 5.06 Å². The SMILES string of the molecule is CC1=C[C@@H]2CN(C(=O)N2OCC(=O)O)[C@@H]1C(N)=O.[LiH]. The van der Waals surface area contributed by atoms with Crippen LogP contribution in [0.2, 0.25) is 0 Å². The number of hydrogen-bond acceptors (Lipinski definition) is 4. The Morgan fingerprint density at radius 2 is 2.21 bits per heavy atom. The van der Waals surface area contributed by atoms with Crippen molar-refractivity contribution in [1.29, 1.82) is 0 Å². The molecule has 0 spiro atoms. The molecule has 0 aromatic heterocycles. The first-order valence-electron chi connectivity index (χ1n) is 5.34. The van der Waals surface area contributed by atoms with Gasteiger partial charge < -0.3 is 15.7 Å². The molecule has 0 unspecified atom stereocenters. The zero-order valence-corrected chi connectivity index (χ0v) is 9.70. The van der Waals surface area contributed by atoms with Crippen molar-refractivity contribution in [2.24, 2.45) is 5.73 Å². The number of fused-ring (bicyclic) bond motifs is 2. The van der Waals surface area contributed by atoms with Gasteiger partial charge in [-0.05, 0) is 12.5 Å². The molecular formula is C10H14LiN3O5. The molecule has 2 heterocycles. The van der Waals surface area contributed by atoms with Gasteiger partial charge in [0.1, 0.15) is 6.04 Å². The third-order valence-electron chi connectivity index (χ3n) is 2.91. The Balaban J connectivity index is 0.00000180. The normalized spacial score (nSPS) is 24.9. The number of amides is 3. The van der Waals surface area contributed by atoms with Crippen LogP contribution in [0.1, 0.15) is 6.92 Å². The first kappa shape index (κ1) is 15.6. The molecule has 0 radical (unpaired) electrons. The third kappa shape index (κ3) is 2.76. The van der Waals surface area contributed by atoms with E-state index < -0.39 is 30.6 Å². The summed E-state index contributed by atoms with van der Waals surface area (Å²) in [6.45, 7) is 1.36. The van der Waals surface area contributed by atoms with Crippen LogP contribution < -0.4 is 5.73 Å². The number of carbonyl (C=O) groups excluding carboxylic acids is 2. The number of urea groups is 1. The average molecular weight is 263 g/mol. The summed E-state index contributed by atoms with van der Waals surface area (Å²) in [4.78, 5) is 39.9. The molecule has 0 aliphatic carbocycles. The van der Waals surface area contributed by atoms with Gasteiger partial charge in [0.15, 0.2) is 6.61 Å². The van der Waals surface area contributed by atoms with Crippen molar-refractivity contribution in [2.75, 3.05) is 13.2 Å². The molecule has 2 rings (SSSR count). The number of aliphatic carboxylic acids is 1. The average Bonchev–Trinajstić information content (AvgIpc) is 2.49. The number of primary amides is 1. The fraction of sp³-hybridized carbons (Fsp3) is 0.500. The van der Waals surface area contributed by atoms with Crippen LogP contribution in [-0.4, -0.2) is 77.1 Å². The van der Waals surface area contributed by atoms with Gasteiger partial charge >= 0.3 is 30.9 Å². The number of carboxylic acids is 1. The van der Waals surface area contributed by atoms with Crippen LogP contribution in [-0.2, 0) is 14.4 Å². The van der Waals surface area contributed by atoms with Crippen LogP contribution in [0.4, 0.5) is 4.79 Å². The molecule has 0 aromatic rings. The number of nitrogens with zero attached hydrogens (tertiary/aromatic N) is 2. The Kier molecular flexibility index (Phi) is 4.63. The fourth-order valence-corrected chi connectivity index (χ4v) is 2.25. The molecule has 0 aromatic carbocycles. The monoisotopic (exact) mass is 263 g/mol. The Labute approximate surface area is 121 Å². The second-order valence-electron chi connectivity index (χ2n) is 4.21. The Morgan fingerprint density at radius 1 is 1.58 bits per heavy atom. The molecule has 2 atom stereocenters. The summed E-state index contributed by atoms with van der Waals surface area (Å²) in [5.41, 5.74) is 5.91. The third-order valence-corrected chi connectivity index (χ3v) is 2.91. The predicted molar refractivity (Wildman–Crippen MR) is 65.2 cm³/mol. The van der Waals surface area contributed by atoms with Gasteiger partial charge in [-0.3, -0.25) is 9.63 Å². The molecule has 19 heavy (non-hydrogen) atoms. The quantitative estimate of drug-likeness (QED) is 0.462. The molecule has 2 aliphatic rings. The summed E-state index contributed by atoms with van der Waals surface area (Å²) < 4.78 is 0. The first-order valence-corrected chi connectivity index (χ1v) is 5.34. The summed E-state index contributed by atoms with van der Waals surface area (Å²) in [6, 6.07) is -1.71. The molecule has 9 heteroatoms. The van der Waals surface area contributed by atoms with E-state index in [2.05, 4.69) is 0 Å². The second kappa shape index (κ2) is 5.65. The number of rotatable bonds is 4. The molecule has 2 bridgehead atoms. The van der Waals surface area contributed by atoms with Crippen LogP contribution in [0.5, 0.6) is 0 Å². The second-order valence-corrected chi connectivity index (χ2v) is 4.21. The first-order chi connectivity index (χ1) is 8.41. The van der Waals surface area contributed by atoms with Gasteiger partial charge in [0, 0.05) is 0 Å². The maximum atomic E-state index is 12.0. The number of carboxylic acid groups (broad SMARTS) is 1. The van der Waals surface area contributed by atoms with Gasteiger partial charge in [-0.25, -0.2) is 9.59 Å². The van der Waals surface area contributed by atoms with Crippen LogP contribution in [0.15, 0.2) is 11.6 Å². The van der Waals surface area contributed by atoms with Gasteiger partial charge in [-0.15, -0.1) is 0 Å². The summed E-state index contributed by atoms with van der Waals surface area (Å²) in [7, 11) is 0. The number of nitrogens with two attached hydrogens (primary N) is 1. The van der Waals surface area contributed by atoms with Gasteiger partial charge in [0.2, 0.25) is 5.91 Å². The molecule has 8 nitrogen and oxygen atoms in total. The van der Waals surface area contributed by atoms with Crippen molar-refractivity contribution in [2.45, 2.75) is 19.0 Å². The fourth-order valence-electron chi connectivity index (χ4n) is 2.25. The summed E-state index contributed by atoms with van der Waals surface area (Å²) in [6.07, 6.45) is 1.69. The Morgan fingerprint density at radius 3 is 2.74 bits per heavy atom. The van der Waals surface area contributed by atoms with E-state index in [1.54, 1.807) is 13.0 Å².